The summed E-state index contributed by atoms with van der Waals surface area (Å²) in [6.07, 6.45) is 1.94. The summed E-state index contributed by atoms with van der Waals surface area (Å²) >= 11 is 0. The summed E-state index contributed by atoms with van der Waals surface area (Å²) in [5.41, 5.74) is 5.51. The number of aryl methyl sites for hydroxylation is 2. The van der Waals surface area contributed by atoms with Crippen LogP contribution in [0.2, 0.25) is 0 Å². The van der Waals surface area contributed by atoms with E-state index in [-0.39, 0.29) is 0 Å². The predicted octanol–water partition coefficient (Wildman–Crippen LogP) is 6.04. The van der Waals surface area contributed by atoms with E-state index in [1.165, 1.54) is 0 Å². The maximum atomic E-state index is 5.53. The van der Waals surface area contributed by atoms with E-state index in [2.05, 4.69) is 10.2 Å². The third-order valence-electron chi connectivity index (χ3n) is 4.55. The van der Waals surface area contributed by atoms with E-state index in [4.69, 9.17) is 9.72 Å². The Kier molecular flexibility index (Phi) is 4.42. The van der Waals surface area contributed by atoms with Gasteiger partial charge in [-0.25, -0.2) is 4.98 Å². The first-order chi connectivity index (χ1) is 13.2. The number of pyridine rings is 1. The normalized spacial score (nSPS) is 11.4. The molecule has 4 rings (SSSR count). The van der Waals surface area contributed by atoms with Gasteiger partial charge in [0.25, 0.3) is 0 Å². The molecule has 2 heterocycles. The van der Waals surface area contributed by atoms with Crippen molar-refractivity contribution in [2.75, 3.05) is 7.11 Å². The second-order valence-electron chi connectivity index (χ2n) is 6.35. The summed E-state index contributed by atoms with van der Waals surface area (Å²) in [6.45, 7) is 4.08. The molecule has 5 heteroatoms. The van der Waals surface area contributed by atoms with Crippen molar-refractivity contribution >= 4 is 17.2 Å². The highest BCUT2D eigenvalue weighted by Gasteiger charge is 2.17. The predicted molar refractivity (Wildman–Crippen MR) is 107 cm³/mol. The molecule has 2 aromatic heterocycles. The molecule has 0 unspecified atom stereocenters. The summed E-state index contributed by atoms with van der Waals surface area (Å²) in [5, 5.41) is 9.17. The number of aromatic nitrogens is 2. The van der Waals surface area contributed by atoms with Gasteiger partial charge in [-0.2, -0.15) is 0 Å². The topological polar surface area (TPSA) is 51.2 Å². The van der Waals surface area contributed by atoms with Crippen molar-refractivity contribution in [3.05, 3.63) is 78.0 Å². The summed E-state index contributed by atoms with van der Waals surface area (Å²) in [4.78, 5) is 4.78. The van der Waals surface area contributed by atoms with Gasteiger partial charge in [0.2, 0.25) is 0 Å². The van der Waals surface area contributed by atoms with Gasteiger partial charge < -0.3 is 4.74 Å². The van der Waals surface area contributed by atoms with E-state index in [1.807, 2.05) is 85.1 Å². The van der Waals surface area contributed by atoms with E-state index in [9.17, 15) is 0 Å². The second-order valence-corrected chi connectivity index (χ2v) is 6.35. The number of imidazole rings is 1. The van der Waals surface area contributed by atoms with E-state index in [0.717, 1.165) is 39.5 Å². The molecule has 0 radical (unpaired) electrons. The van der Waals surface area contributed by atoms with Gasteiger partial charge in [0.05, 0.1) is 12.8 Å². The molecule has 0 aliphatic carbocycles. The zero-order valence-electron chi connectivity index (χ0n) is 15.5. The highest BCUT2D eigenvalue weighted by Crippen LogP contribution is 2.37. The van der Waals surface area contributed by atoms with Crippen molar-refractivity contribution in [1.82, 2.24) is 9.38 Å². The van der Waals surface area contributed by atoms with Crippen LogP contribution < -0.4 is 4.74 Å². The molecular formula is C22H20N4O. The Balaban J connectivity index is 1.93. The molecule has 134 valence electrons. The highest BCUT2D eigenvalue weighted by atomic mass is 16.5. The van der Waals surface area contributed by atoms with Crippen LogP contribution in [0.25, 0.3) is 16.9 Å². The zero-order chi connectivity index (χ0) is 18.8. The van der Waals surface area contributed by atoms with Crippen molar-refractivity contribution in [3.8, 4) is 17.0 Å². The molecule has 0 aliphatic rings. The number of para-hydroxylation sites is 1. The van der Waals surface area contributed by atoms with Crippen LogP contribution in [-0.4, -0.2) is 16.5 Å². The Morgan fingerprint density at radius 2 is 1.59 bits per heavy atom. The Labute approximate surface area is 158 Å². The molecule has 0 amide bonds. The number of fused-ring (bicyclic) bond motifs is 1. The molecule has 0 bridgehead atoms. The molecule has 2 aromatic carbocycles. The van der Waals surface area contributed by atoms with Gasteiger partial charge in [0, 0.05) is 11.8 Å². The summed E-state index contributed by atoms with van der Waals surface area (Å²) in [5.74, 6) is 1.43. The summed E-state index contributed by atoms with van der Waals surface area (Å²) in [7, 11) is 1.66. The van der Waals surface area contributed by atoms with Crippen LogP contribution in [0.15, 0.2) is 77.1 Å². The van der Waals surface area contributed by atoms with Gasteiger partial charge in [-0.15, -0.1) is 10.2 Å². The van der Waals surface area contributed by atoms with Gasteiger partial charge in [-0.05, 0) is 49.2 Å². The lowest BCUT2D eigenvalue weighted by atomic mass is 10.1. The Morgan fingerprint density at radius 1 is 0.852 bits per heavy atom. The Morgan fingerprint density at radius 3 is 2.37 bits per heavy atom. The average Bonchev–Trinajstić information content (AvgIpc) is 3.06. The summed E-state index contributed by atoms with van der Waals surface area (Å²) in [6, 6.07) is 19.8. The first-order valence-electron chi connectivity index (χ1n) is 8.77. The molecule has 0 saturated carbocycles. The molecule has 0 fully saturated rings. The number of methoxy groups -OCH3 is 1. The zero-order valence-corrected chi connectivity index (χ0v) is 15.5. The smallest absolute Gasteiger partial charge is 0.187 e. The molecule has 0 aliphatic heterocycles. The van der Waals surface area contributed by atoms with Crippen LogP contribution >= 0.6 is 0 Å². The molecule has 0 N–H and O–H groups in total. The summed E-state index contributed by atoms with van der Waals surface area (Å²) < 4.78 is 7.47. The molecule has 0 atom stereocenters. The fourth-order valence-corrected chi connectivity index (χ4v) is 3.16. The third kappa shape index (κ3) is 3.08. The largest absolute Gasteiger partial charge is 0.496 e. The lowest BCUT2D eigenvalue weighted by Gasteiger charge is -2.06. The lowest BCUT2D eigenvalue weighted by molar-refractivity contribution is 0.416. The van der Waals surface area contributed by atoms with Gasteiger partial charge in [-0.3, -0.25) is 4.40 Å². The molecule has 0 saturated heterocycles. The molecule has 27 heavy (non-hydrogen) atoms. The number of benzene rings is 2. The van der Waals surface area contributed by atoms with Crippen LogP contribution in [-0.2, 0) is 0 Å². The van der Waals surface area contributed by atoms with Crippen molar-refractivity contribution < 1.29 is 4.74 Å². The van der Waals surface area contributed by atoms with Crippen molar-refractivity contribution in [3.63, 3.8) is 0 Å². The maximum absolute atomic E-state index is 5.53. The van der Waals surface area contributed by atoms with Gasteiger partial charge in [0.15, 0.2) is 5.82 Å². The molecular weight excluding hydrogens is 336 g/mol. The molecule has 5 nitrogen and oxygen atoms in total. The van der Waals surface area contributed by atoms with Crippen molar-refractivity contribution in [2.45, 2.75) is 13.8 Å². The standard InChI is InChI=1S/C22H20N4O/c1-15-9-8-10-16(2)20(15)24-25-22-21(17-11-4-5-12-18(17)27-3)23-19-13-6-7-14-26(19)22/h4-14H,1-3H3. The monoisotopic (exact) mass is 356 g/mol. The lowest BCUT2D eigenvalue weighted by Crippen LogP contribution is -1.88. The van der Waals surface area contributed by atoms with Crippen LogP contribution in [0.4, 0.5) is 11.5 Å². The van der Waals surface area contributed by atoms with Gasteiger partial charge >= 0.3 is 0 Å². The van der Waals surface area contributed by atoms with E-state index in [0.29, 0.717) is 5.82 Å². The first-order valence-corrected chi connectivity index (χ1v) is 8.77. The number of hydrogen-bond acceptors (Lipinski definition) is 4. The van der Waals surface area contributed by atoms with Crippen molar-refractivity contribution in [1.29, 1.82) is 0 Å². The van der Waals surface area contributed by atoms with Crippen LogP contribution in [0.1, 0.15) is 11.1 Å². The minimum atomic E-state index is 0.678. The van der Waals surface area contributed by atoms with E-state index in [1.54, 1.807) is 7.11 Å². The van der Waals surface area contributed by atoms with Crippen molar-refractivity contribution in [2.24, 2.45) is 10.2 Å². The first kappa shape index (κ1) is 17.0. The Hall–Kier alpha value is -3.47. The van der Waals surface area contributed by atoms with Gasteiger partial charge in [-0.1, -0.05) is 36.4 Å². The van der Waals surface area contributed by atoms with Crippen LogP contribution in [0, 0.1) is 13.8 Å². The SMILES string of the molecule is COc1ccccc1-c1nc2ccccn2c1N=Nc1c(C)cccc1C. The number of nitrogens with zero attached hydrogens (tertiary/aromatic N) is 4. The fraction of sp³-hybridized carbons (Fsp3) is 0.136. The number of ether oxygens (including phenoxy) is 1. The fourth-order valence-electron chi connectivity index (χ4n) is 3.16. The minimum Gasteiger partial charge on any atom is -0.496 e. The third-order valence-corrected chi connectivity index (χ3v) is 4.55. The van der Waals surface area contributed by atoms with Crippen LogP contribution in [0.5, 0.6) is 5.75 Å². The quantitative estimate of drug-likeness (QED) is 0.418. The number of azo groups is 1. The minimum absolute atomic E-state index is 0.678. The molecule has 0 spiro atoms. The highest BCUT2D eigenvalue weighted by molar-refractivity contribution is 5.78. The van der Waals surface area contributed by atoms with Gasteiger partial charge in [0.1, 0.15) is 17.1 Å². The number of hydrogen-bond donors (Lipinski definition) is 0. The molecule has 4 aromatic rings. The average molecular weight is 356 g/mol. The maximum Gasteiger partial charge on any atom is 0.187 e. The van der Waals surface area contributed by atoms with E-state index < -0.39 is 0 Å². The van der Waals surface area contributed by atoms with E-state index >= 15 is 0 Å². The number of rotatable bonds is 4. The van der Waals surface area contributed by atoms with Crippen LogP contribution in [0.3, 0.4) is 0 Å². The second kappa shape index (κ2) is 7.03. The Bertz CT molecular complexity index is 1120.